The molecule has 1 atom stereocenters. The van der Waals surface area contributed by atoms with Crippen LogP contribution in [-0.2, 0) is 22.4 Å². The van der Waals surface area contributed by atoms with E-state index >= 15 is 0 Å². The molecule has 7 nitrogen and oxygen atoms in total. The van der Waals surface area contributed by atoms with E-state index in [1.54, 1.807) is 28.4 Å². The predicted octanol–water partition coefficient (Wildman–Crippen LogP) is 6.32. The number of esters is 1. The summed E-state index contributed by atoms with van der Waals surface area (Å²) in [5.74, 6) is 2.72. The van der Waals surface area contributed by atoms with Gasteiger partial charge in [0.2, 0.25) is 0 Å². The summed E-state index contributed by atoms with van der Waals surface area (Å²) in [6, 6.07) is 10.8. The number of nitrogens with zero attached hydrogens (tertiary/aromatic N) is 1. The summed E-state index contributed by atoms with van der Waals surface area (Å²) in [7, 11) is 6.73. The van der Waals surface area contributed by atoms with Crippen molar-refractivity contribution in [3.05, 3.63) is 59.7 Å². The maximum atomic E-state index is 11.1. The number of rotatable bonds is 17. The molecule has 0 unspecified atom stereocenters. The molecule has 0 amide bonds. The summed E-state index contributed by atoms with van der Waals surface area (Å²) < 4.78 is 27.3. The lowest BCUT2D eigenvalue weighted by atomic mass is 9.87. The van der Waals surface area contributed by atoms with Gasteiger partial charge in [0, 0.05) is 18.7 Å². The van der Waals surface area contributed by atoms with Crippen LogP contribution in [0.3, 0.4) is 0 Å². The first-order chi connectivity index (χ1) is 19.0. The second kappa shape index (κ2) is 16.0. The number of carbonyl (C=O) groups is 1. The normalized spacial score (nSPS) is 14.8. The highest BCUT2D eigenvalue weighted by Gasteiger charge is 2.29. The molecule has 39 heavy (non-hydrogen) atoms. The predicted molar refractivity (Wildman–Crippen MR) is 154 cm³/mol. The Labute approximate surface area is 234 Å². The summed E-state index contributed by atoms with van der Waals surface area (Å²) in [5.41, 5.74) is 3.85. The molecule has 0 N–H and O–H groups in total. The van der Waals surface area contributed by atoms with Gasteiger partial charge in [-0.25, -0.2) is 4.79 Å². The smallest absolute Gasteiger partial charge is 0.330 e. The van der Waals surface area contributed by atoms with Gasteiger partial charge in [-0.3, -0.25) is 4.90 Å². The Morgan fingerprint density at radius 3 is 2.13 bits per heavy atom. The van der Waals surface area contributed by atoms with Crippen molar-refractivity contribution in [1.82, 2.24) is 4.90 Å². The highest BCUT2D eigenvalue weighted by atomic mass is 16.5. The minimum atomic E-state index is -0.336. The fraction of sp³-hybridized carbons (Fsp3) is 0.531. The first-order valence-corrected chi connectivity index (χ1v) is 14.0. The zero-order valence-electron chi connectivity index (χ0n) is 24.1. The van der Waals surface area contributed by atoms with E-state index in [1.165, 1.54) is 54.9 Å². The second-order valence-corrected chi connectivity index (χ2v) is 9.95. The van der Waals surface area contributed by atoms with Gasteiger partial charge in [-0.1, -0.05) is 44.7 Å². The fourth-order valence-corrected chi connectivity index (χ4v) is 5.35. The molecular formula is C32H45NO6. The lowest BCUT2D eigenvalue weighted by Gasteiger charge is -2.38. The summed E-state index contributed by atoms with van der Waals surface area (Å²) in [6.07, 6.45) is 11.1. The lowest BCUT2D eigenvalue weighted by molar-refractivity contribution is -0.137. The van der Waals surface area contributed by atoms with E-state index in [0.717, 1.165) is 61.8 Å². The molecule has 0 saturated heterocycles. The first kappa shape index (κ1) is 30.4. The van der Waals surface area contributed by atoms with E-state index in [2.05, 4.69) is 35.7 Å². The van der Waals surface area contributed by atoms with Gasteiger partial charge in [-0.15, -0.1) is 0 Å². The highest BCUT2D eigenvalue weighted by Crippen LogP contribution is 2.40. The van der Waals surface area contributed by atoms with Crippen LogP contribution in [0.1, 0.15) is 67.7 Å². The number of hydrogen-bond donors (Lipinski definition) is 0. The number of ether oxygens (including phenoxy) is 5. The van der Waals surface area contributed by atoms with Crippen molar-refractivity contribution in [3.8, 4) is 23.0 Å². The van der Waals surface area contributed by atoms with Crippen LogP contribution in [0.2, 0.25) is 0 Å². The Kier molecular flexibility index (Phi) is 12.5. The zero-order chi connectivity index (χ0) is 28.0. The van der Waals surface area contributed by atoms with E-state index < -0.39 is 0 Å². The van der Waals surface area contributed by atoms with Gasteiger partial charge >= 0.3 is 5.97 Å². The number of hydrogen-bond acceptors (Lipinski definition) is 7. The molecule has 0 fully saturated rings. The van der Waals surface area contributed by atoms with Crippen molar-refractivity contribution >= 4 is 5.97 Å². The molecule has 214 valence electrons. The van der Waals surface area contributed by atoms with Gasteiger partial charge in [0.05, 0.1) is 35.0 Å². The molecule has 0 saturated carbocycles. The van der Waals surface area contributed by atoms with Gasteiger partial charge in [-0.2, -0.15) is 0 Å². The topological polar surface area (TPSA) is 66.5 Å². The molecule has 2 aromatic carbocycles. The molecule has 1 heterocycles. The summed E-state index contributed by atoms with van der Waals surface area (Å²) in [6.45, 7) is 5.98. The summed E-state index contributed by atoms with van der Waals surface area (Å²) >= 11 is 0. The van der Waals surface area contributed by atoms with E-state index in [-0.39, 0.29) is 12.0 Å². The number of unbranched alkanes of at least 4 members (excludes halogenated alkanes) is 6. The molecule has 0 radical (unpaired) electrons. The average molecular weight is 540 g/mol. The lowest BCUT2D eigenvalue weighted by Crippen LogP contribution is -2.37. The van der Waals surface area contributed by atoms with E-state index in [9.17, 15) is 4.79 Å². The number of carbonyl (C=O) groups excluding carboxylic acids is 1. The average Bonchev–Trinajstić information content (AvgIpc) is 2.97. The van der Waals surface area contributed by atoms with Crippen LogP contribution >= 0.6 is 0 Å². The van der Waals surface area contributed by atoms with Crippen molar-refractivity contribution in [2.45, 2.75) is 63.8 Å². The molecule has 1 aliphatic heterocycles. The van der Waals surface area contributed by atoms with Crippen LogP contribution in [0.4, 0.5) is 0 Å². The van der Waals surface area contributed by atoms with Crippen LogP contribution in [0, 0.1) is 0 Å². The molecule has 2 aromatic rings. The molecule has 0 spiro atoms. The van der Waals surface area contributed by atoms with E-state index in [1.807, 2.05) is 6.07 Å². The minimum absolute atomic E-state index is 0.241. The van der Waals surface area contributed by atoms with Crippen LogP contribution in [0.15, 0.2) is 43.0 Å². The van der Waals surface area contributed by atoms with Gasteiger partial charge in [0.15, 0.2) is 23.0 Å². The first-order valence-electron chi connectivity index (χ1n) is 14.0. The fourth-order valence-electron chi connectivity index (χ4n) is 5.35. The van der Waals surface area contributed by atoms with Crippen molar-refractivity contribution in [2.24, 2.45) is 0 Å². The monoisotopic (exact) mass is 539 g/mol. The van der Waals surface area contributed by atoms with E-state index in [4.69, 9.17) is 23.7 Å². The minimum Gasteiger partial charge on any atom is -0.493 e. The molecule has 0 bridgehead atoms. The van der Waals surface area contributed by atoms with Crippen LogP contribution in [-0.4, -0.2) is 59.0 Å². The number of methoxy groups -OCH3 is 4. The van der Waals surface area contributed by atoms with E-state index in [0.29, 0.717) is 6.61 Å². The maximum Gasteiger partial charge on any atom is 0.330 e. The Morgan fingerprint density at radius 1 is 0.846 bits per heavy atom. The van der Waals surface area contributed by atoms with Crippen LogP contribution in [0.5, 0.6) is 23.0 Å². The summed E-state index contributed by atoms with van der Waals surface area (Å²) in [4.78, 5) is 13.7. The van der Waals surface area contributed by atoms with Gasteiger partial charge < -0.3 is 23.7 Å². The molecule has 7 heteroatoms. The standard InChI is InChI=1S/C32H45NO6/c1-6-32(34)39-19-13-11-9-7-8-10-12-17-33-18-16-25-22-30(37-4)31(38-5)23-26(25)27(33)20-24-14-15-28(35-2)29(21-24)36-3/h6,14-15,21-23,27H,1,7-13,16-20H2,2-5H3/t27-/m1/s1. The van der Waals surface area contributed by atoms with Crippen LogP contribution < -0.4 is 18.9 Å². The van der Waals surface area contributed by atoms with Gasteiger partial charge in [0.25, 0.3) is 0 Å². The van der Waals surface area contributed by atoms with Crippen molar-refractivity contribution in [1.29, 1.82) is 0 Å². The Balaban J connectivity index is 1.61. The third-order valence-corrected chi connectivity index (χ3v) is 7.49. The zero-order valence-corrected chi connectivity index (χ0v) is 24.1. The molecular weight excluding hydrogens is 494 g/mol. The molecule has 3 rings (SSSR count). The second-order valence-electron chi connectivity index (χ2n) is 9.95. The number of fused-ring (bicyclic) bond motifs is 1. The Morgan fingerprint density at radius 2 is 1.46 bits per heavy atom. The number of benzene rings is 2. The van der Waals surface area contributed by atoms with Crippen molar-refractivity contribution in [2.75, 3.05) is 48.1 Å². The largest absolute Gasteiger partial charge is 0.493 e. The Bertz CT molecular complexity index is 1070. The maximum absolute atomic E-state index is 11.1. The van der Waals surface area contributed by atoms with Gasteiger partial charge in [0.1, 0.15) is 0 Å². The third-order valence-electron chi connectivity index (χ3n) is 7.49. The van der Waals surface area contributed by atoms with Crippen molar-refractivity contribution < 1.29 is 28.5 Å². The third kappa shape index (κ3) is 8.65. The van der Waals surface area contributed by atoms with Gasteiger partial charge in [-0.05, 0) is 73.2 Å². The molecule has 0 aliphatic carbocycles. The highest BCUT2D eigenvalue weighted by molar-refractivity contribution is 5.81. The molecule has 0 aromatic heterocycles. The molecule has 1 aliphatic rings. The van der Waals surface area contributed by atoms with Crippen molar-refractivity contribution in [3.63, 3.8) is 0 Å². The SMILES string of the molecule is C=CC(=O)OCCCCCCCCCN1CCc2cc(OC)c(OC)cc2[C@H]1Cc1ccc(OC)c(OC)c1. The quantitative estimate of drug-likeness (QED) is 0.132. The summed E-state index contributed by atoms with van der Waals surface area (Å²) in [5, 5.41) is 0. The van der Waals surface area contributed by atoms with Crippen LogP contribution in [0.25, 0.3) is 0 Å². The Hall–Kier alpha value is -3.19.